The van der Waals surface area contributed by atoms with E-state index in [0.29, 0.717) is 12.1 Å². The van der Waals surface area contributed by atoms with Crippen molar-refractivity contribution < 1.29 is 0 Å². The Balaban J connectivity index is 1.96. The smallest absolute Gasteiger partial charge is 0.208 e. The summed E-state index contributed by atoms with van der Waals surface area (Å²) in [6.07, 6.45) is 7.77. The molecule has 3 N–H and O–H groups in total. The second-order valence-electron chi connectivity index (χ2n) is 5.22. The Morgan fingerprint density at radius 3 is 2.44 bits per heavy atom. The summed E-state index contributed by atoms with van der Waals surface area (Å²) in [5, 5.41) is 0. The minimum atomic E-state index is 0.486. The SMILES string of the molecule is CC(C1CC1)N(C)C(=NC1CCCC1)NN. The predicted molar refractivity (Wildman–Crippen MR) is 67.0 cm³/mol. The van der Waals surface area contributed by atoms with Crippen LogP contribution in [0.2, 0.25) is 0 Å². The molecule has 2 aliphatic carbocycles. The number of hydrazine groups is 1. The van der Waals surface area contributed by atoms with Gasteiger partial charge in [0, 0.05) is 13.1 Å². The van der Waals surface area contributed by atoms with Crippen LogP contribution in [-0.4, -0.2) is 30.0 Å². The molecule has 92 valence electrons. The van der Waals surface area contributed by atoms with E-state index in [1.54, 1.807) is 0 Å². The molecule has 4 nitrogen and oxygen atoms in total. The molecule has 0 aromatic heterocycles. The van der Waals surface area contributed by atoms with Crippen LogP contribution in [-0.2, 0) is 0 Å². The number of aliphatic imine (C=N–C) groups is 1. The van der Waals surface area contributed by atoms with Gasteiger partial charge in [0.1, 0.15) is 0 Å². The van der Waals surface area contributed by atoms with Crippen LogP contribution in [0, 0.1) is 5.92 Å². The second kappa shape index (κ2) is 5.04. The molecular weight excluding hydrogens is 200 g/mol. The van der Waals surface area contributed by atoms with E-state index in [1.807, 2.05) is 0 Å². The van der Waals surface area contributed by atoms with Gasteiger partial charge in [0.25, 0.3) is 0 Å². The van der Waals surface area contributed by atoms with E-state index in [4.69, 9.17) is 10.8 Å². The van der Waals surface area contributed by atoms with Crippen LogP contribution >= 0.6 is 0 Å². The molecule has 0 saturated heterocycles. The number of nitrogens with one attached hydrogen (secondary N) is 1. The van der Waals surface area contributed by atoms with Crippen LogP contribution in [0.3, 0.4) is 0 Å². The van der Waals surface area contributed by atoms with Crippen molar-refractivity contribution >= 4 is 5.96 Å². The average molecular weight is 224 g/mol. The van der Waals surface area contributed by atoms with E-state index in [1.165, 1.54) is 38.5 Å². The maximum Gasteiger partial charge on any atom is 0.208 e. The molecule has 0 bridgehead atoms. The highest BCUT2D eigenvalue weighted by atomic mass is 15.4. The van der Waals surface area contributed by atoms with E-state index >= 15 is 0 Å². The molecule has 16 heavy (non-hydrogen) atoms. The van der Waals surface area contributed by atoms with Gasteiger partial charge in [0.15, 0.2) is 0 Å². The summed E-state index contributed by atoms with van der Waals surface area (Å²) in [5.41, 5.74) is 2.77. The lowest BCUT2D eigenvalue weighted by atomic mass is 10.2. The first-order valence-corrected chi connectivity index (χ1v) is 6.49. The van der Waals surface area contributed by atoms with Crippen molar-refractivity contribution in [3.8, 4) is 0 Å². The van der Waals surface area contributed by atoms with E-state index in [9.17, 15) is 0 Å². The summed E-state index contributed by atoms with van der Waals surface area (Å²) in [7, 11) is 2.09. The van der Waals surface area contributed by atoms with Crippen molar-refractivity contribution in [2.75, 3.05) is 7.05 Å². The van der Waals surface area contributed by atoms with Gasteiger partial charge in [-0.3, -0.25) is 5.43 Å². The molecule has 1 unspecified atom stereocenters. The van der Waals surface area contributed by atoms with Crippen LogP contribution in [0.1, 0.15) is 45.4 Å². The van der Waals surface area contributed by atoms with Crippen LogP contribution in [0.25, 0.3) is 0 Å². The molecule has 2 saturated carbocycles. The molecule has 1 atom stereocenters. The number of nitrogens with two attached hydrogens (primary N) is 1. The maximum atomic E-state index is 5.59. The molecule has 0 amide bonds. The van der Waals surface area contributed by atoms with Crippen LogP contribution in [0.5, 0.6) is 0 Å². The summed E-state index contributed by atoms with van der Waals surface area (Å²) in [6.45, 7) is 2.26. The van der Waals surface area contributed by atoms with Gasteiger partial charge < -0.3 is 4.90 Å². The van der Waals surface area contributed by atoms with Crippen molar-refractivity contribution in [3.05, 3.63) is 0 Å². The summed E-state index contributed by atoms with van der Waals surface area (Å²) in [6, 6.07) is 1.04. The van der Waals surface area contributed by atoms with Gasteiger partial charge >= 0.3 is 0 Å². The first-order chi connectivity index (χ1) is 7.72. The molecule has 0 radical (unpaired) electrons. The Labute approximate surface area is 98.3 Å². The molecule has 0 aromatic rings. The van der Waals surface area contributed by atoms with Crippen LogP contribution < -0.4 is 11.3 Å². The largest absolute Gasteiger partial charge is 0.342 e. The van der Waals surface area contributed by atoms with Crippen molar-refractivity contribution in [1.29, 1.82) is 0 Å². The fourth-order valence-electron chi connectivity index (χ4n) is 2.52. The Hall–Kier alpha value is -0.770. The zero-order valence-electron chi connectivity index (χ0n) is 10.4. The van der Waals surface area contributed by atoms with Gasteiger partial charge in [-0.2, -0.15) is 0 Å². The fraction of sp³-hybridized carbons (Fsp3) is 0.917. The molecule has 0 heterocycles. The third-order valence-electron chi connectivity index (χ3n) is 4.01. The number of rotatable bonds is 3. The number of hydrogen-bond acceptors (Lipinski definition) is 2. The summed E-state index contributed by atoms with van der Waals surface area (Å²) >= 11 is 0. The Kier molecular flexibility index (Phi) is 3.69. The summed E-state index contributed by atoms with van der Waals surface area (Å²) in [4.78, 5) is 6.94. The summed E-state index contributed by atoms with van der Waals surface area (Å²) in [5.74, 6) is 7.29. The lowest BCUT2D eigenvalue weighted by Crippen LogP contribution is -2.47. The molecule has 0 aliphatic heterocycles. The Bertz CT molecular complexity index is 254. The first kappa shape index (κ1) is 11.7. The van der Waals surface area contributed by atoms with Crippen molar-refractivity contribution in [2.45, 2.75) is 57.5 Å². The lowest BCUT2D eigenvalue weighted by molar-refractivity contribution is 0.340. The van der Waals surface area contributed by atoms with Crippen LogP contribution in [0.15, 0.2) is 4.99 Å². The van der Waals surface area contributed by atoms with Gasteiger partial charge in [0.05, 0.1) is 6.04 Å². The minimum absolute atomic E-state index is 0.486. The number of guanidine groups is 1. The van der Waals surface area contributed by atoms with E-state index in [-0.39, 0.29) is 0 Å². The number of nitrogens with zero attached hydrogens (tertiary/aromatic N) is 2. The van der Waals surface area contributed by atoms with Crippen molar-refractivity contribution in [1.82, 2.24) is 10.3 Å². The topological polar surface area (TPSA) is 53.6 Å². The van der Waals surface area contributed by atoms with E-state index < -0.39 is 0 Å². The fourth-order valence-corrected chi connectivity index (χ4v) is 2.52. The minimum Gasteiger partial charge on any atom is -0.342 e. The van der Waals surface area contributed by atoms with E-state index in [2.05, 4.69) is 24.3 Å². The highest BCUT2D eigenvalue weighted by molar-refractivity contribution is 5.79. The standard InChI is InChI=1S/C12H24N4/c1-9(10-7-8-10)16(2)12(15-13)14-11-5-3-4-6-11/h9-11H,3-8,13H2,1-2H3,(H,14,15). The van der Waals surface area contributed by atoms with Gasteiger partial charge in [-0.05, 0) is 38.5 Å². The predicted octanol–water partition coefficient (Wildman–Crippen LogP) is 1.48. The highest BCUT2D eigenvalue weighted by Crippen LogP contribution is 2.34. The zero-order valence-corrected chi connectivity index (χ0v) is 10.4. The normalized spacial score (nSPS) is 24.6. The van der Waals surface area contributed by atoms with Gasteiger partial charge in [-0.25, -0.2) is 10.8 Å². The molecule has 2 fully saturated rings. The third kappa shape index (κ3) is 2.67. The Morgan fingerprint density at radius 1 is 1.31 bits per heavy atom. The van der Waals surface area contributed by atoms with Gasteiger partial charge in [-0.15, -0.1) is 0 Å². The van der Waals surface area contributed by atoms with Crippen molar-refractivity contribution in [3.63, 3.8) is 0 Å². The quantitative estimate of drug-likeness (QED) is 0.330. The molecule has 0 aromatic carbocycles. The second-order valence-corrected chi connectivity index (χ2v) is 5.22. The molecule has 2 rings (SSSR count). The van der Waals surface area contributed by atoms with E-state index in [0.717, 1.165) is 11.9 Å². The Morgan fingerprint density at radius 2 is 1.94 bits per heavy atom. The zero-order chi connectivity index (χ0) is 11.5. The first-order valence-electron chi connectivity index (χ1n) is 6.49. The van der Waals surface area contributed by atoms with Gasteiger partial charge in [-0.1, -0.05) is 12.8 Å². The average Bonchev–Trinajstić information content (AvgIpc) is 3.02. The third-order valence-corrected chi connectivity index (χ3v) is 4.01. The molecule has 4 heteroatoms. The van der Waals surface area contributed by atoms with Crippen LogP contribution in [0.4, 0.5) is 0 Å². The molecule has 0 spiro atoms. The van der Waals surface area contributed by atoms with Gasteiger partial charge in [0.2, 0.25) is 5.96 Å². The number of hydrogen-bond donors (Lipinski definition) is 2. The lowest BCUT2D eigenvalue weighted by Gasteiger charge is -2.28. The maximum absolute atomic E-state index is 5.59. The molecular formula is C12H24N4. The highest BCUT2D eigenvalue weighted by Gasteiger charge is 2.32. The summed E-state index contributed by atoms with van der Waals surface area (Å²) < 4.78 is 0. The molecule has 2 aliphatic rings. The van der Waals surface area contributed by atoms with Crippen molar-refractivity contribution in [2.24, 2.45) is 16.8 Å². The monoisotopic (exact) mass is 224 g/mol.